The number of nitrogens with two attached hydrogens (primary N) is 1. The highest BCUT2D eigenvalue weighted by Crippen LogP contribution is 2.09. The largest absolute Gasteiger partial charge is 0.399 e. The van der Waals surface area contributed by atoms with Gasteiger partial charge < -0.3 is 5.73 Å². The summed E-state index contributed by atoms with van der Waals surface area (Å²) in [5, 5.41) is 0. The van der Waals surface area contributed by atoms with Crippen LogP contribution in [0.2, 0.25) is 0 Å². The molecule has 0 aromatic heterocycles. The third-order valence-corrected chi connectivity index (χ3v) is 1.67. The SMILES string of the molecule is C=C(C)/C(C)=C(N)/C=C\C=C(/C)F. The monoisotopic (exact) mass is 181 g/mol. The van der Waals surface area contributed by atoms with E-state index in [0.717, 1.165) is 11.1 Å². The fourth-order valence-electron chi connectivity index (χ4n) is 0.656. The molecule has 0 spiro atoms. The Hall–Kier alpha value is -1.31. The van der Waals surface area contributed by atoms with Crippen molar-refractivity contribution in [2.75, 3.05) is 0 Å². The molecule has 0 saturated carbocycles. The maximum Gasteiger partial charge on any atom is 0.0968 e. The van der Waals surface area contributed by atoms with Crippen molar-refractivity contribution in [1.82, 2.24) is 0 Å². The van der Waals surface area contributed by atoms with E-state index in [0.29, 0.717) is 5.70 Å². The van der Waals surface area contributed by atoms with E-state index < -0.39 is 0 Å². The molecular weight excluding hydrogens is 165 g/mol. The summed E-state index contributed by atoms with van der Waals surface area (Å²) < 4.78 is 12.2. The highest BCUT2D eigenvalue weighted by molar-refractivity contribution is 5.35. The summed E-state index contributed by atoms with van der Waals surface area (Å²) >= 11 is 0. The van der Waals surface area contributed by atoms with E-state index in [9.17, 15) is 4.39 Å². The van der Waals surface area contributed by atoms with Crippen molar-refractivity contribution in [1.29, 1.82) is 0 Å². The lowest BCUT2D eigenvalue weighted by Gasteiger charge is -2.01. The van der Waals surface area contributed by atoms with Gasteiger partial charge in [-0.1, -0.05) is 18.2 Å². The Labute approximate surface area is 79.1 Å². The van der Waals surface area contributed by atoms with Crippen LogP contribution in [-0.2, 0) is 0 Å². The minimum atomic E-state index is -0.239. The molecule has 0 fully saturated rings. The van der Waals surface area contributed by atoms with E-state index in [1.165, 1.54) is 13.0 Å². The lowest BCUT2D eigenvalue weighted by atomic mass is 10.1. The Morgan fingerprint density at radius 1 is 1.31 bits per heavy atom. The van der Waals surface area contributed by atoms with Crippen LogP contribution >= 0.6 is 0 Å². The number of rotatable bonds is 3. The maximum atomic E-state index is 12.2. The van der Waals surface area contributed by atoms with Gasteiger partial charge in [-0.2, -0.15) is 0 Å². The molecule has 13 heavy (non-hydrogen) atoms. The van der Waals surface area contributed by atoms with Crippen molar-refractivity contribution in [3.8, 4) is 0 Å². The zero-order chi connectivity index (χ0) is 10.4. The Kier molecular flexibility index (Phi) is 4.82. The molecule has 2 N–H and O–H groups in total. The molecule has 0 aliphatic rings. The highest BCUT2D eigenvalue weighted by atomic mass is 19.1. The van der Waals surface area contributed by atoms with Crippen molar-refractivity contribution in [2.24, 2.45) is 5.73 Å². The molecule has 0 radical (unpaired) electrons. The molecular formula is C11H16FN. The molecule has 0 rings (SSSR count). The zero-order valence-corrected chi connectivity index (χ0v) is 8.39. The van der Waals surface area contributed by atoms with Gasteiger partial charge in [-0.25, -0.2) is 4.39 Å². The first-order valence-electron chi connectivity index (χ1n) is 4.08. The van der Waals surface area contributed by atoms with Crippen LogP contribution in [-0.4, -0.2) is 0 Å². The van der Waals surface area contributed by atoms with Crippen LogP contribution < -0.4 is 5.73 Å². The highest BCUT2D eigenvalue weighted by Gasteiger charge is 1.93. The molecule has 1 nitrogen and oxygen atoms in total. The topological polar surface area (TPSA) is 26.0 Å². The summed E-state index contributed by atoms with van der Waals surface area (Å²) in [7, 11) is 0. The molecule has 0 aromatic rings. The molecule has 0 aliphatic carbocycles. The molecule has 0 unspecified atom stereocenters. The van der Waals surface area contributed by atoms with Crippen molar-refractivity contribution < 1.29 is 4.39 Å². The number of halogens is 1. The summed E-state index contributed by atoms with van der Waals surface area (Å²) in [6, 6.07) is 0. The van der Waals surface area contributed by atoms with E-state index in [4.69, 9.17) is 5.73 Å². The van der Waals surface area contributed by atoms with Gasteiger partial charge in [0, 0.05) is 5.70 Å². The smallest absolute Gasteiger partial charge is 0.0968 e. The molecule has 0 atom stereocenters. The molecule has 0 aliphatic heterocycles. The van der Waals surface area contributed by atoms with Crippen LogP contribution in [0, 0.1) is 0 Å². The Balaban J connectivity index is 4.55. The fourth-order valence-corrected chi connectivity index (χ4v) is 0.656. The van der Waals surface area contributed by atoms with Gasteiger partial charge in [0.15, 0.2) is 0 Å². The lowest BCUT2D eigenvalue weighted by molar-refractivity contribution is 0.640. The van der Waals surface area contributed by atoms with Gasteiger partial charge in [-0.3, -0.25) is 0 Å². The molecule has 72 valence electrons. The first-order valence-corrected chi connectivity index (χ1v) is 4.08. The van der Waals surface area contributed by atoms with Gasteiger partial charge >= 0.3 is 0 Å². The molecule has 0 heterocycles. The van der Waals surface area contributed by atoms with Gasteiger partial charge in [0.25, 0.3) is 0 Å². The fraction of sp³-hybridized carbons (Fsp3) is 0.273. The van der Waals surface area contributed by atoms with E-state index in [1.807, 2.05) is 13.8 Å². The first kappa shape index (κ1) is 11.7. The number of allylic oxidation sites excluding steroid dienone is 6. The average Bonchev–Trinajstić information content (AvgIpc) is 2.02. The summed E-state index contributed by atoms with van der Waals surface area (Å²) in [5.41, 5.74) is 8.15. The van der Waals surface area contributed by atoms with Crippen molar-refractivity contribution in [3.63, 3.8) is 0 Å². The molecule has 0 saturated heterocycles. The predicted molar refractivity (Wildman–Crippen MR) is 55.7 cm³/mol. The normalized spacial score (nSPS) is 14.6. The molecule has 2 heteroatoms. The Morgan fingerprint density at radius 2 is 1.85 bits per heavy atom. The van der Waals surface area contributed by atoms with Crippen molar-refractivity contribution in [2.45, 2.75) is 20.8 Å². The van der Waals surface area contributed by atoms with E-state index in [-0.39, 0.29) is 5.83 Å². The lowest BCUT2D eigenvalue weighted by Crippen LogP contribution is -1.97. The summed E-state index contributed by atoms with van der Waals surface area (Å²) in [6.45, 7) is 8.91. The van der Waals surface area contributed by atoms with Gasteiger partial charge in [-0.15, -0.1) is 0 Å². The van der Waals surface area contributed by atoms with Gasteiger partial charge in [0.2, 0.25) is 0 Å². The minimum absolute atomic E-state index is 0.239. The van der Waals surface area contributed by atoms with Crippen molar-refractivity contribution in [3.05, 3.63) is 47.5 Å². The van der Waals surface area contributed by atoms with Crippen LogP contribution in [0.4, 0.5) is 4.39 Å². The minimum Gasteiger partial charge on any atom is -0.399 e. The van der Waals surface area contributed by atoms with Gasteiger partial charge in [0.05, 0.1) is 5.83 Å². The number of hydrogen-bond acceptors (Lipinski definition) is 1. The second-order valence-corrected chi connectivity index (χ2v) is 2.97. The zero-order valence-electron chi connectivity index (χ0n) is 8.39. The van der Waals surface area contributed by atoms with Crippen molar-refractivity contribution >= 4 is 0 Å². The second kappa shape index (κ2) is 5.36. The summed E-state index contributed by atoms with van der Waals surface area (Å²) in [5.74, 6) is -0.239. The van der Waals surface area contributed by atoms with Gasteiger partial charge in [-0.05, 0) is 38.5 Å². The third kappa shape index (κ3) is 5.01. The summed E-state index contributed by atoms with van der Waals surface area (Å²) in [6.07, 6.45) is 4.60. The Bertz CT molecular complexity index is 278. The van der Waals surface area contributed by atoms with Crippen LogP contribution in [0.5, 0.6) is 0 Å². The van der Waals surface area contributed by atoms with Crippen LogP contribution in [0.1, 0.15) is 20.8 Å². The van der Waals surface area contributed by atoms with E-state index >= 15 is 0 Å². The van der Waals surface area contributed by atoms with Crippen LogP contribution in [0.3, 0.4) is 0 Å². The second-order valence-electron chi connectivity index (χ2n) is 2.97. The molecule has 0 aromatic carbocycles. The number of hydrogen-bond donors (Lipinski definition) is 1. The molecule has 0 amide bonds. The average molecular weight is 181 g/mol. The Morgan fingerprint density at radius 3 is 2.23 bits per heavy atom. The third-order valence-electron chi connectivity index (χ3n) is 1.67. The van der Waals surface area contributed by atoms with Gasteiger partial charge in [0.1, 0.15) is 0 Å². The summed E-state index contributed by atoms with van der Waals surface area (Å²) in [4.78, 5) is 0. The quantitative estimate of drug-likeness (QED) is 0.665. The predicted octanol–water partition coefficient (Wildman–Crippen LogP) is 3.22. The van der Waals surface area contributed by atoms with E-state index in [1.54, 1.807) is 12.2 Å². The standard InChI is InChI=1S/C11H16FN/c1-8(2)10(4)11(13)7-5-6-9(3)12/h5-7H,1,13H2,2-4H3/b7-5-,9-6+,11-10-. The van der Waals surface area contributed by atoms with E-state index in [2.05, 4.69) is 6.58 Å². The molecule has 0 bridgehead atoms. The maximum absolute atomic E-state index is 12.2. The first-order chi connectivity index (χ1) is 5.95. The van der Waals surface area contributed by atoms with Crippen LogP contribution in [0.15, 0.2) is 47.5 Å². The van der Waals surface area contributed by atoms with Crippen LogP contribution in [0.25, 0.3) is 0 Å².